The van der Waals surface area contributed by atoms with Crippen molar-refractivity contribution in [2.45, 2.75) is 11.3 Å². The SMILES string of the molecule is C=CCN(C)C(=O)Cc1ccc(S)cc1. The average molecular weight is 221 g/mol. The number of hydrogen-bond acceptors (Lipinski definition) is 2. The van der Waals surface area contributed by atoms with Gasteiger partial charge in [-0.2, -0.15) is 0 Å². The van der Waals surface area contributed by atoms with Crippen molar-refractivity contribution >= 4 is 18.5 Å². The van der Waals surface area contributed by atoms with Gasteiger partial charge >= 0.3 is 0 Å². The molecule has 0 radical (unpaired) electrons. The molecule has 0 heterocycles. The number of hydrogen-bond donors (Lipinski definition) is 1. The molecule has 0 aliphatic rings. The summed E-state index contributed by atoms with van der Waals surface area (Å²) in [7, 11) is 1.77. The van der Waals surface area contributed by atoms with Gasteiger partial charge < -0.3 is 4.90 Å². The molecule has 80 valence electrons. The third kappa shape index (κ3) is 3.80. The monoisotopic (exact) mass is 221 g/mol. The van der Waals surface area contributed by atoms with E-state index >= 15 is 0 Å². The number of nitrogens with zero attached hydrogens (tertiary/aromatic N) is 1. The van der Waals surface area contributed by atoms with E-state index in [0.717, 1.165) is 10.5 Å². The molecule has 1 aromatic carbocycles. The molecule has 15 heavy (non-hydrogen) atoms. The van der Waals surface area contributed by atoms with Crippen molar-refractivity contribution in [3.63, 3.8) is 0 Å². The zero-order valence-corrected chi connectivity index (χ0v) is 9.71. The molecular weight excluding hydrogens is 206 g/mol. The Hall–Kier alpha value is -1.22. The van der Waals surface area contributed by atoms with E-state index in [4.69, 9.17) is 0 Å². The van der Waals surface area contributed by atoms with Crippen LogP contribution >= 0.6 is 12.6 Å². The molecule has 0 aromatic heterocycles. The minimum absolute atomic E-state index is 0.0989. The quantitative estimate of drug-likeness (QED) is 0.610. The van der Waals surface area contributed by atoms with E-state index in [1.807, 2.05) is 24.3 Å². The molecule has 0 aliphatic heterocycles. The Morgan fingerprint density at radius 2 is 2.07 bits per heavy atom. The standard InChI is InChI=1S/C12H15NOS/c1-3-8-13(2)12(14)9-10-4-6-11(15)7-5-10/h3-7,15H,1,8-9H2,2H3. The summed E-state index contributed by atoms with van der Waals surface area (Å²) < 4.78 is 0. The van der Waals surface area contributed by atoms with Crippen LogP contribution in [0.2, 0.25) is 0 Å². The number of thiol groups is 1. The fourth-order valence-corrected chi connectivity index (χ4v) is 1.37. The highest BCUT2D eigenvalue weighted by atomic mass is 32.1. The summed E-state index contributed by atoms with van der Waals surface area (Å²) in [6, 6.07) is 7.61. The van der Waals surface area contributed by atoms with Crippen LogP contribution in [0.1, 0.15) is 5.56 Å². The van der Waals surface area contributed by atoms with Crippen molar-refractivity contribution in [1.29, 1.82) is 0 Å². The van der Waals surface area contributed by atoms with Crippen molar-refractivity contribution in [3.05, 3.63) is 42.5 Å². The molecule has 0 unspecified atom stereocenters. The van der Waals surface area contributed by atoms with E-state index in [2.05, 4.69) is 19.2 Å². The number of benzene rings is 1. The van der Waals surface area contributed by atoms with Gasteiger partial charge in [0, 0.05) is 18.5 Å². The number of carbonyl (C=O) groups excluding carboxylic acids is 1. The molecule has 2 nitrogen and oxygen atoms in total. The predicted molar refractivity (Wildman–Crippen MR) is 65.2 cm³/mol. The maximum absolute atomic E-state index is 11.6. The Kier molecular flexibility index (Phi) is 4.43. The summed E-state index contributed by atoms with van der Waals surface area (Å²) in [5.74, 6) is 0.0989. The highest BCUT2D eigenvalue weighted by Gasteiger charge is 2.07. The van der Waals surface area contributed by atoms with Gasteiger partial charge in [0.2, 0.25) is 5.91 Å². The number of carbonyl (C=O) groups is 1. The van der Waals surface area contributed by atoms with Gasteiger partial charge in [0.05, 0.1) is 6.42 Å². The molecule has 0 saturated heterocycles. The number of likely N-dealkylation sites (N-methyl/N-ethyl adjacent to an activating group) is 1. The summed E-state index contributed by atoms with van der Waals surface area (Å²) in [4.78, 5) is 14.2. The lowest BCUT2D eigenvalue weighted by atomic mass is 10.1. The lowest BCUT2D eigenvalue weighted by Gasteiger charge is -2.14. The second-order valence-electron chi connectivity index (χ2n) is 3.41. The molecule has 0 N–H and O–H groups in total. The van der Waals surface area contributed by atoms with Crippen LogP contribution in [0.25, 0.3) is 0 Å². The maximum atomic E-state index is 11.6. The lowest BCUT2D eigenvalue weighted by molar-refractivity contribution is -0.128. The summed E-state index contributed by atoms with van der Waals surface area (Å²) in [6.07, 6.45) is 2.15. The maximum Gasteiger partial charge on any atom is 0.227 e. The van der Waals surface area contributed by atoms with Crippen LogP contribution in [0.3, 0.4) is 0 Å². The Morgan fingerprint density at radius 3 is 2.60 bits per heavy atom. The van der Waals surface area contributed by atoms with Crippen molar-refractivity contribution in [1.82, 2.24) is 4.90 Å². The fraction of sp³-hybridized carbons (Fsp3) is 0.250. The molecule has 1 rings (SSSR count). The lowest BCUT2D eigenvalue weighted by Crippen LogP contribution is -2.28. The molecule has 1 amide bonds. The van der Waals surface area contributed by atoms with Gasteiger partial charge in [0.1, 0.15) is 0 Å². The Labute approximate surface area is 96.0 Å². The van der Waals surface area contributed by atoms with Gasteiger partial charge in [0.15, 0.2) is 0 Å². The van der Waals surface area contributed by atoms with Crippen LogP contribution < -0.4 is 0 Å². The molecule has 0 atom stereocenters. The first kappa shape index (κ1) is 11.9. The molecule has 0 spiro atoms. The topological polar surface area (TPSA) is 20.3 Å². The molecule has 3 heteroatoms. The summed E-state index contributed by atoms with van der Waals surface area (Å²) in [5.41, 5.74) is 1.01. The zero-order valence-electron chi connectivity index (χ0n) is 8.81. The van der Waals surface area contributed by atoms with Gasteiger partial charge in [-0.3, -0.25) is 4.79 Å². The molecular formula is C12H15NOS. The van der Waals surface area contributed by atoms with Crippen LogP contribution in [0.4, 0.5) is 0 Å². The van der Waals surface area contributed by atoms with Crippen molar-refractivity contribution in [2.24, 2.45) is 0 Å². The Bertz CT molecular complexity index is 345. The first-order chi connectivity index (χ1) is 7.13. The van der Waals surface area contributed by atoms with Crippen LogP contribution in [0.15, 0.2) is 41.8 Å². The molecule has 0 aliphatic carbocycles. The van der Waals surface area contributed by atoms with E-state index in [-0.39, 0.29) is 5.91 Å². The summed E-state index contributed by atoms with van der Waals surface area (Å²) in [5, 5.41) is 0. The van der Waals surface area contributed by atoms with Gasteiger partial charge in [-0.05, 0) is 17.7 Å². The first-order valence-corrected chi connectivity index (χ1v) is 5.21. The number of rotatable bonds is 4. The van der Waals surface area contributed by atoms with E-state index in [1.165, 1.54) is 0 Å². The van der Waals surface area contributed by atoms with Crippen LogP contribution in [-0.4, -0.2) is 24.4 Å². The highest BCUT2D eigenvalue weighted by Crippen LogP contribution is 2.08. The van der Waals surface area contributed by atoms with Crippen molar-refractivity contribution < 1.29 is 4.79 Å². The summed E-state index contributed by atoms with van der Waals surface area (Å²) >= 11 is 4.19. The second-order valence-corrected chi connectivity index (χ2v) is 3.92. The minimum Gasteiger partial charge on any atom is -0.342 e. The second kappa shape index (κ2) is 5.61. The van der Waals surface area contributed by atoms with Gasteiger partial charge in [-0.15, -0.1) is 19.2 Å². The third-order valence-corrected chi connectivity index (χ3v) is 2.42. The smallest absolute Gasteiger partial charge is 0.227 e. The largest absolute Gasteiger partial charge is 0.342 e. The van der Waals surface area contributed by atoms with Gasteiger partial charge in [-0.25, -0.2) is 0 Å². The molecule has 0 fully saturated rings. The summed E-state index contributed by atoms with van der Waals surface area (Å²) in [6.45, 7) is 4.18. The predicted octanol–water partition coefficient (Wildman–Crippen LogP) is 2.16. The number of amides is 1. The molecule has 0 saturated carbocycles. The highest BCUT2D eigenvalue weighted by molar-refractivity contribution is 7.80. The van der Waals surface area contributed by atoms with Crippen LogP contribution in [0.5, 0.6) is 0 Å². The van der Waals surface area contributed by atoms with E-state index in [0.29, 0.717) is 13.0 Å². The normalized spacial score (nSPS) is 9.73. The van der Waals surface area contributed by atoms with Crippen LogP contribution in [0, 0.1) is 0 Å². The molecule has 0 bridgehead atoms. The van der Waals surface area contributed by atoms with Gasteiger partial charge in [-0.1, -0.05) is 18.2 Å². The zero-order chi connectivity index (χ0) is 11.3. The van der Waals surface area contributed by atoms with Gasteiger partial charge in [0.25, 0.3) is 0 Å². The first-order valence-electron chi connectivity index (χ1n) is 4.76. The Morgan fingerprint density at radius 1 is 1.47 bits per heavy atom. The third-order valence-electron chi connectivity index (χ3n) is 2.12. The van der Waals surface area contributed by atoms with Crippen molar-refractivity contribution in [2.75, 3.05) is 13.6 Å². The van der Waals surface area contributed by atoms with E-state index in [9.17, 15) is 4.79 Å². The minimum atomic E-state index is 0.0989. The fourth-order valence-electron chi connectivity index (χ4n) is 1.22. The van der Waals surface area contributed by atoms with Crippen LogP contribution in [-0.2, 0) is 11.2 Å². The van der Waals surface area contributed by atoms with E-state index in [1.54, 1.807) is 18.0 Å². The Balaban J connectivity index is 2.58. The van der Waals surface area contributed by atoms with Crippen molar-refractivity contribution in [3.8, 4) is 0 Å². The molecule has 1 aromatic rings. The van der Waals surface area contributed by atoms with E-state index < -0.39 is 0 Å². The average Bonchev–Trinajstić information content (AvgIpc) is 2.22.